The van der Waals surface area contributed by atoms with E-state index in [4.69, 9.17) is 0 Å². The molecule has 1 N–H and O–H groups in total. The topological polar surface area (TPSA) is 111 Å². The number of Topliss-reactive ketones (excluding diaryl/α,β-unsaturated/α-hetero) is 1. The van der Waals surface area contributed by atoms with E-state index in [9.17, 15) is 23.1 Å². The molecule has 31 heavy (non-hydrogen) atoms. The van der Waals surface area contributed by atoms with Gasteiger partial charge in [0, 0.05) is 29.0 Å². The lowest BCUT2D eigenvalue weighted by atomic mass is 10.2. The van der Waals surface area contributed by atoms with Crippen LogP contribution in [0.5, 0.6) is 5.88 Å². The van der Waals surface area contributed by atoms with Gasteiger partial charge in [-0.05, 0) is 39.2 Å². The lowest BCUT2D eigenvalue weighted by Gasteiger charge is -2.17. The summed E-state index contributed by atoms with van der Waals surface area (Å²) in [5.41, 5.74) is 1.90. The molecule has 0 radical (unpaired) electrons. The van der Waals surface area contributed by atoms with Gasteiger partial charge in [0.2, 0.25) is 5.88 Å². The monoisotopic (exact) mass is 465 g/mol. The fraction of sp³-hybridized carbons (Fsp3) is 0.571. The van der Waals surface area contributed by atoms with Gasteiger partial charge in [-0.1, -0.05) is 24.6 Å². The summed E-state index contributed by atoms with van der Waals surface area (Å²) in [6.45, 7) is 3.73. The number of aromatic nitrogens is 3. The van der Waals surface area contributed by atoms with Gasteiger partial charge < -0.3 is 9.67 Å². The Balaban J connectivity index is 1.55. The molecule has 1 aliphatic heterocycles. The minimum Gasteiger partial charge on any atom is -0.493 e. The molecule has 1 aliphatic carbocycles. The number of ketones is 1. The third-order valence-corrected chi connectivity index (χ3v) is 8.99. The van der Waals surface area contributed by atoms with Crippen molar-refractivity contribution in [3.8, 4) is 5.88 Å². The second kappa shape index (κ2) is 8.46. The second-order valence-corrected chi connectivity index (χ2v) is 11.6. The first-order valence-corrected chi connectivity index (χ1v) is 13.3. The number of thioether (sulfide) groups is 1. The molecule has 2 aromatic heterocycles. The van der Waals surface area contributed by atoms with Crippen molar-refractivity contribution in [2.24, 2.45) is 0 Å². The number of aryl methyl sites for hydroxylation is 1. The molecular formula is C21H27N3O5S2. The number of rotatable bonds is 6. The van der Waals surface area contributed by atoms with E-state index in [0.717, 1.165) is 54.9 Å². The van der Waals surface area contributed by atoms with Crippen LogP contribution in [0, 0.1) is 13.8 Å². The van der Waals surface area contributed by atoms with Crippen LogP contribution in [-0.2, 0) is 9.84 Å². The average molecular weight is 466 g/mol. The maximum absolute atomic E-state index is 13.0. The van der Waals surface area contributed by atoms with Gasteiger partial charge in [0.1, 0.15) is 0 Å². The molecule has 2 aliphatic rings. The summed E-state index contributed by atoms with van der Waals surface area (Å²) in [7, 11) is -3.03. The van der Waals surface area contributed by atoms with Crippen molar-refractivity contribution < 1.29 is 18.3 Å². The van der Waals surface area contributed by atoms with Crippen molar-refractivity contribution in [1.29, 1.82) is 0 Å². The summed E-state index contributed by atoms with van der Waals surface area (Å²) in [6, 6.07) is 2.84. The Morgan fingerprint density at radius 1 is 1.16 bits per heavy atom. The summed E-state index contributed by atoms with van der Waals surface area (Å²) in [4.78, 5) is 29.6. The first-order valence-electron chi connectivity index (χ1n) is 10.5. The van der Waals surface area contributed by atoms with Crippen LogP contribution in [0.3, 0.4) is 0 Å². The molecule has 10 heteroatoms. The van der Waals surface area contributed by atoms with Crippen LogP contribution >= 0.6 is 11.8 Å². The fourth-order valence-electron chi connectivity index (χ4n) is 4.87. The average Bonchev–Trinajstić information content (AvgIpc) is 3.39. The van der Waals surface area contributed by atoms with Gasteiger partial charge in [0.05, 0.1) is 23.3 Å². The molecule has 168 valence electrons. The summed E-state index contributed by atoms with van der Waals surface area (Å²) >= 11 is 1.16. The van der Waals surface area contributed by atoms with Crippen molar-refractivity contribution >= 4 is 27.4 Å². The lowest BCUT2D eigenvalue weighted by Crippen LogP contribution is -2.25. The summed E-state index contributed by atoms with van der Waals surface area (Å²) in [6.07, 6.45) is 4.42. The Labute approximate surface area is 185 Å². The standard InChI is InChI=1S/C21H27N3O5S2/c1-13-9-17(14(2)23(13)16-7-8-31(28,29)12-16)18(25)11-30-21-22-19(26)10-20(27)24(21)15-5-3-4-6-15/h9-10,15-16,26H,3-8,11-12H2,1-2H3/t16-/m1/s1. The molecule has 0 aromatic carbocycles. The number of nitrogens with zero attached hydrogens (tertiary/aromatic N) is 3. The number of hydrogen-bond acceptors (Lipinski definition) is 7. The largest absolute Gasteiger partial charge is 0.493 e. The van der Waals surface area contributed by atoms with Crippen LogP contribution in [0.15, 0.2) is 22.1 Å². The van der Waals surface area contributed by atoms with Gasteiger partial charge in [-0.25, -0.2) is 8.42 Å². The van der Waals surface area contributed by atoms with E-state index < -0.39 is 9.84 Å². The molecule has 4 rings (SSSR count). The quantitative estimate of drug-likeness (QED) is 0.397. The van der Waals surface area contributed by atoms with Crippen LogP contribution in [0.2, 0.25) is 0 Å². The van der Waals surface area contributed by atoms with Crippen molar-refractivity contribution in [2.45, 2.75) is 63.2 Å². The Hall–Kier alpha value is -2.07. The van der Waals surface area contributed by atoms with Crippen LogP contribution < -0.4 is 5.56 Å². The van der Waals surface area contributed by atoms with Crippen LogP contribution in [-0.4, -0.2) is 50.7 Å². The minimum atomic E-state index is -3.03. The number of hydrogen-bond donors (Lipinski definition) is 1. The molecule has 8 nitrogen and oxygen atoms in total. The van der Waals surface area contributed by atoms with Gasteiger partial charge in [-0.15, -0.1) is 0 Å². The van der Waals surface area contributed by atoms with Crippen molar-refractivity contribution in [1.82, 2.24) is 14.1 Å². The van der Waals surface area contributed by atoms with Gasteiger partial charge >= 0.3 is 0 Å². The normalized spacial score (nSPS) is 21.0. The maximum Gasteiger partial charge on any atom is 0.258 e. The minimum absolute atomic E-state index is 0.0487. The number of aromatic hydroxyl groups is 1. The fourth-order valence-corrected chi connectivity index (χ4v) is 7.52. The van der Waals surface area contributed by atoms with Gasteiger partial charge in [-0.2, -0.15) is 4.98 Å². The molecule has 0 spiro atoms. The Morgan fingerprint density at radius 3 is 2.52 bits per heavy atom. The molecule has 1 saturated heterocycles. The predicted octanol–water partition coefficient (Wildman–Crippen LogP) is 2.82. The molecule has 1 saturated carbocycles. The molecule has 2 aromatic rings. The first kappa shape index (κ1) is 22.1. The first-order chi connectivity index (χ1) is 14.7. The van der Waals surface area contributed by atoms with E-state index >= 15 is 0 Å². The number of carbonyl (C=O) groups excluding carboxylic acids is 1. The molecule has 1 atom stereocenters. The zero-order valence-corrected chi connectivity index (χ0v) is 19.3. The highest BCUT2D eigenvalue weighted by Crippen LogP contribution is 2.33. The predicted molar refractivity (Wildman–Crippen MR) is 119 cm³/mol. The molecule has 0 bridgehead atoms. The van der Waals surface area contributed by atoms with Crippen LogP contribution in [0.4, 0.5) is 0 Å². The number of carbonyl (C=O) groups is 1. The van der Waals surface area contributed by atoms with Crippen molar-refractivity contribution in [3.63, 3.8) is 0 Å². The van der Waals surface area contributed by atoms with Crippen LogP contribution in [0.1, 0.15) is 65.9 Å². The van der Waals surface area contributed by atoms with Crippen molar-refractivity contribution in [3.05, 3.63) is 39.4 Å². The Bertz CT molecular complexity index is 1180. The Kier molecular flexibility index (Phi) is 6.04. The van der Waals surface area contributed by atoms with Gasteiger partial charge in [0.15, 0.2) is 20.8 Å². The maximum atomic E-state index is 13.0. The zero-order chi connectivity index (χ0) is 22.3. The lowest BCUT2D eigenvalue weighted by molar-refractivity contribution is 0.102. The highest BCUT2D eigenvalue weighted by molar-refractivity contribution is 7.99. The summed E-state index contributed by atoms with van der Waals surface area (Å²) in [5.74, 6) is -0.0892. The molecular weight excluding hydrogens is 438 g/mol. The smallest absolute Gasteiger partial charge is 0.258 e. The third kappa shape index (κ3) is 4.45. The van der Waals surface area contributed by atoms with Gasteiger partial charge in [-0.3, -0.25) is 14.2 Å². The Morgan fingerprint density at radius 2 is 1.87 bits per heavy atom. The highest BCUT2D eigenvalue weighted by atomic mass is 32.2. The molecule has 0 amide bonds. The molecule has 2 fully saturated rings. The van der Waals surface area contributed by atoms with E-state index in [1.165, 1.54) is 0 Å². The second-order valence-electron chi connectivity index (χ2n) is 8.47. The summed E-state index contributed by atoms with van der Waals surface area (Å²) in [5, 5.41) is 10.2. The van der Waals surface area contributed by atoms with E-state index in [0.29, 0.717) is 17.1 Å². The number of sulfone groups is 1. The third-order valence-electron chi connectivity index (χ3n) is 6.29. The van der Waals surface area contributed by atoms with Gasteiger partial charge in [0.25, 0.3) is 5.56 Å². The van der Waals surface area contributed by atoms with E-state index in [1.54, 1.807) is 4.57 Å². The SMILES string of the molecule is Cc1cc(C(=O)CSc2nc(O)cc(=O)n2C2CCCC2)c(C)n1[C@@H]1CCS(=O)(=O)C1. The van der Waals surface area contributed by atoms with Crippen LogP contribution in [0.25, 0.3) is 0 Å². The molecule has 0 unspecified atom stereocenters. The zero-order valence-electron chi connectivity index (χ0n) is 17.7. The van der Waals surface area contributed by atoms with Crippen molar-refractivity contribution in [2.75, 3.05) is 17.3 Å². The van der Waals surface area contributed by atoms with E-state index in [1.807, 2.05) is 24.5 Å². The van der Waals surface area contributed by atoms with E-state index in [2.05, 4.69) is 4.98 Å². The van der Waals surface area contributed by atoms with E-state index in [-0.39, 0.29) is 46.6 Å². The summed E-state index contributed by atoms with van der Waals surface area (Å²) < 4.78 is 27.4. The highest BCUT2D eigenvalue weighted by Gasteiger charge is 2.32. The molecule has 3 heterocycles.